The minimum atomic E-state index is -1.17. The fourth-order valence-corrected chi connectivity index (χ4v) is 16.5. The highest BCUT2D eigenvalue weighted by Gasteiger charge is 2.69. The van der Waals surface area contributed by atoms with Gasteiger partial charge in [0.15, 0.2) is 5.79 Å². The van der Waals surface area contributed by atoms with Gasteiger partial charge in [0, 0.05) is 116 Å². The van der Waals surface area contributed by atoms with Crippen LogP contribution in [0.4, 0.5) is 4.79 Å². The first kappa shape index (κ1) is 70.1. The summed E-state index contributed by atoms with van der Waals surface area (Å²) in [6.45, 7) is 16.7. The van der Waals surface area contributed by atoms with E-state index in [1.165, 1.54) is 17.1 Å². The highest BCUT2D eigenvalue weighted by atomic mass is 16.8. The number of hydrogen-bond acceptors (Lipinski definition) is 19. The van der Waals surface area contributed by atoms with E-state index in [4.69, 9.17) is 48.4 Å². The van der Waals surface area contributed by atoms with Crippen molar-refractivity contribution in [1.82, 2.24) is 36.0 Å². The first-order valence-electron chi connectivity index (χ1n) is 34.9. The summed E-state index contributed by atoms with van der Waals surface area (Å²) in [6.07, 6.45) is 6.92. The van der Waals surface area contributed by atoms with Gasteiger partial charge in [-0.3, -0.25) is 43.4 Å². The molecule has 0 aromatic heterocycles. The molecule has 12 aliphatic heterocycles. The molecule has 12 bridgehead atoms. The Morgan fingerprint density at radius 1 is 0.734 bits per heavy atom. The molecule has 7 N–H and O–H groups in total. The second-order valence-electron chi connectivity index (χ2n) is 28.7. The van der Waals surface area contributed by atoms with Crippen molar-refractivity contribution in [1.29, 1.82) is 0 Å². The molecule has 0 saturated carbocycles. The molecule has 12 aliphatic rings. The van der Waals surface area contributed by atoms with Crippen molar-refractivity contribution < 1.29 is 86.1 Å². The topological polar surface area (TPSA) is 324 Å². The first-order valence-corrected chi connectivity index (χ1v) is 34.9. The second kappa shape index (κ2) is 31.1. The molecule has 0 aromatic carbocycles. The fraction of sp³-hybridized carbons (Fsp3) is 0.794. The van der Waals surface area contributed by atoms with Crippen molar-refractivity contribution in [3.05, 3.63) is 36.5 Å². The smallest absolute Gasteiger partial charge is 0.312 e. The van der Waals surface area contributed by atoms with Crippen molar-refractivity contribution in [2.24, 2.45) is 23.5 Å². The molecule has 522 valence electrons. The summed E-state index contributed by atoms with van der Waals surface area (Å²) in [5.74, 6) is -3.76. The van der Waals surface area contributed by atoms with Gasteiger partial charge in [0.1, 0.15) is 48.4 Å². The van der Waals surface area contributed by atoms with E-state index < -0.39 is 102 Å². The number of methoxy groups -OCH3 is 1. The molecule has 94 heavy (non-hydrogen) atoms. The number of urea groups is 1. The molecular formula is C68H102N8O18. The van der Waals surface area contributed by atoms with Crippen LogP contribution in [-0.4, -0.2) is 242 Å². The van der Waals surface area contributed by atoms with Crippen molar-refractivity contribution in [3.63, 3.8) is 0 Å². The van der Waals surface area contributed by atoms with Gasteiger partial charge in [-0.1, -0.05) is 46.8 Å². The van der Waals surface area contributed by atoms with Gasteiger partial charge in [-0.25, -0.2) is 4.79 Å². The molecule has 26 heteroatoms. The van der Waals surface area contributed by atoms with E-state index in [2.05, 4.69) is 41.3 Å². The summed E-state index contributed by atoms with van der Waals surface area (Å²) < 4.78 is 61.0. The maximum atomic E-state index is 14.6. The summed E-state index contributed by atoms with van der Waals surface area (Å²) in [7, 11) is 1.57. The predicted octanol–water partition coefficient (Wildman–Crippen LogP) is 2.69. The number of nitrogens with one attached hydrogen (secondary N) is 4. The number of carbonyl (C=O) groups excluding carboxylic acids is 8. The number of Topliss-reactive ketones (excluding diaryl/α,β-unsaturated/α-hetero) is 1. The van der Waals surface area contributed by atoms with Gasteiger partial charge < -0.3 is 79.6 Å². The number of piperazine rings is 1. The van der Waals surface area contributed by atoms with Crippen molar-refractivity contribution in [2.75, 3.05) is 59.5 Å². The summed E-state index contributed by atoms with van der Waals surface area (Å²) in [5, 5.41) is 22.8. The molecule has 0 radical (unpaired) electrons. The van der Waals surface area contributed by atoms with Crippen LogP contribution in [0.1, 0.15) is 149 Å². The number of aliphatic hydroxyl groups is 1. The molecule has 12 rings (SSSR count). The number of amides is 8. The highest BCUT2D eigenvalue weighted by molar-refractivity contribution is 6.12. The number of ketones is 1. The Morgan fingerprint density at radius 3 is 2.20 bits per heavy atom. The van der Waals surface area contributed by atoms with E-state index in [1.54, 1.807) is 25.9 Å². The van der Waals surface area contributed by atoms with E-state index in [0.717, 1.165) is 56.1 Å². The molecule has 1 spiro atoms. The minimum absolute atomic E-state index is 0.0158. The van der Waals surface area contributed by atoms with Crippen LogP contribution in [0.15, 0.2) is 36.5 Å². The average Bonchev–Trinajstić information content (AvgIpc) is 1.54. The molecule has 0 aromatic rings. The van der Waals surface area contributed by atoms with Crippen LogP contribution in [0.2, 0.25) is 0 Å². The fourth-order valence-electron chi connectivity index (χ4n) is 16.5. The quantitative estimate of drug-likeness (QED) is 0.0487. The Balaban J connectivity index is 0.697. The number of nitrogens with two attached hydrogens (primary N) is 1. The zero-order valence-corrected chi connectivity index (χ0v) is 55.3. The molecule has 21 atom stereocenters. The average molecular weight is 1320 g/mol. The van der Waals surface area contributed by atoms with Crippen molar-refractivity contribution in [3.8, 4) is 0 Å². The van der Waals surface area contributed by atoms with E-state index in [1.807, 2.05) is 4.90 Å². The highest BCUT2D eigenvalue weighted by Crippen LogP contribution is 2.54. The van der Waals surface area contributed by atoms with Crippen LogP contribution >= 0.6 is 0 Å². The Morgan fingerprint density at radius 2 is 1.45 bits per heavy atom. The number of imide groups is 1. The zero-order chi connectivity index (χ0) is 66.5. The summed E-state index contributed by atoms with van der Waals surface area (Å²) >= 11 is 0. The summed E-state index contributed by atoms with van der Waals surface area (Å²) in [6, 6.07) is -2.92. The first-order chi connectivity index (χ1) is 45.1. The van der Waals surface area contributed by atoms with Gasteiger partial charge in [-0.05, 0) is 93.6 Å². The van der Waals surface area contributed by atoms with Crippen LogP contribution in [0.3, 0.4) is 0 Å². The van der Waals surface area contributed by atoms with Gasteiger partial charge >= 0.3 is 6.03 Å². The maximum absolute atomic E-state index is 14.6. The lowest BCUT2D eigenvalue weighted by Crippen LogP contribution is -2.61. The predicted molar refractivity (Wildman–Crippen MR) is 338 cm³/mol. The SMILES string of the molecule is C=C1C[C@@H]2CC[C@@]34C[C@H]5OC6C(O[C@H]7CC[C@H](CC(=O)C[C@@H]8[C@@H](OC)[C@@H](C[C@H](O)CNC(=O)[C@H](CCCNC(N)=O)NC(=O)[C@@H](NC(=O)CN9CCN(C(=O)CCCCCCN%10C(=O)C=CC%10=O)CC9)C(C)C)O[C@H]8C[C@H]8O[C@@H](CC[C@@H]1O2)C[C@@H](C)C8=C)O[C@@H]7[C@@H]6O3)[C@H]5O4. The number of unbranched alkanes of at least 4 members (excludes halogenated alkanes) is 3. The van der Waals surface area contributed by atoms with Gasteiger partial charge in [-0.15, -0.1) is 0 Å². The van der Waals surface area contributed by atoms with Crippen LogP contribution in [0.25, 0.3) is 0 Å². The molecule has 12 heterocycles. The Kier molecular flexibility index (Phi) is 23.2. The van der Waals surface area contributed by atoms with Crippen molar-refractivity contribution in [2.45, 2.75) is 265 Å². The molecule has 11 fully saturated rings. The third-order valence-corrected chi connectivity index (χ3v) is 21.6. The number of rotatable bonds is 23. The molecular weight excluding hydrogens is 1220 g/mol. The van der Waals surface area contributed by atoms with E-state index in [0.29, 0.717) is 84.1 Å². The number of primary amides is 1. The number of ether oxygens (including phenoxy) is 9. The summed E-state index contributed by atoms with van der Waals surface area (Å²) in [4.78, 5) is 110. The molecule has 26 nitrogen and oxygen atoms in total. The van der Waals surface area contributed by atoms with E-state index >= 15 is 0 Å². The van der Waals surface area contributed by atoms with Gasteiger partial charge in [0.25, 0.3) is 11.8 Å². The third kappa shape index (κ3) is 16.6. The lowest BCUT2D eigenvalue weighted by molar-refractivity contribution is -0.292. The van der Waals surface area contributed by atoms with Gasteiger partial charge in [-0.2, -0.15) is 0 Å². The Hall–Kier alpha value is -5.26. The number of hydrogen-bond donors (Lipinski definition) is 6. The van der Waals surface area contributed by atoms with Crippen LogP contribution in [0, 0.1) is 17.8 Å². The van der Waals surface area contributed by atoms with E-state index in [-0.39, 0.29) is 130 Å². The number of aliphatic hydroxyl groups excluding tert-OH is 1. The van der Waals surface area contributed by atoms with Gasteiger partial charge in [0.2, 0.25) is 23.6 Å². The molecule has 11 saturated heterocycles. The second-order valence-corrected chi connectivity index (χ2v) is 28.7. The largest absolute Gasteiger partial charge is 0.391 e. The Bertz CT molecular complexity index is 2800. The Labute approximate surface area is 551 Å². The molecule has 0 aliphatic carbocycles. The number of carbonyl (C=O) groups is 8. The lowest BCUT2D eigenvalue weighted by atomic mass is 9.81. The van der Waals surface area contributed by atoms with Crippen molar-refractivity contribution >= 4 is 47.3 Å². The maximum Gasteiger partial charge on any atom is 0.312 e. The lowest BCUT2D eigenvalue weighted by Gasteiger charge is -2.47. The summed E-state index contributed by atoms with van der Waals surface area (Å²) in [5.41, 5.74) is 7.36. The number of nitrogens with zero attached hydrogens (tertiary/aromatic N) is 3. The molecule has 2 unspecified atom stereocenters. The van der Waals surface area contributed by atoms with E-state index in [9.17, 15) is 43.5 Å². The van der Waals surface area contributed by atoms with Crippen LogP contribution < -0.4 is 27.0 Å². The standard InChI is InChI=1S/C68H102N8O18/c1-37(2)58(73-54(79)36-74-24-26-75(27-25-74)55(80)13-9-7-8-10-23-76-56(81)18-19-57(76)82)66(84)72-47(12-11-22-70-67(69)85)65(83)71-35-42(78)32-52-59(86-6)46-31-41(77)30-44-15-17-49-60(89-44)64-63-62(91-49)61-53(92-63)34-68(93-61,94-64)21-20-45-29-39(4)48(87-45)16-14-43-28-38(3)40(5)50(88-43)33-51(46)90-52/h18-19,37-38,42-53,58-64,78H,4-5,7-17,20-36H2,1-3,6H3,(H,71,83)(H,72,84)(H,73,79)(H3,69,70,85)/t38-,42+,43+,44-,45+,46+,47+,48+,49+,50-,51+,52-,53-,58+,59-,60+,61+,62?,63?,64+,68+/m1/s1. The zero-order valence-electron chi connectivity index (χ0n) is 55.3. The van der Waals surface area contributed by atoms with Crippen LogP contribution in [0.5, 0.6) is 0 Å². The van der Waals surface area contributed by atoms with Crippen LogP contribution in [-0.2, 0) is 76.2 Å². The molecule has 8 amide bonds. The normalized spacial score (nSPS) is 36.7. The number of fused-ring (bicyclic) bond motifs is 6. The third-order valence-electron chi connectivity index (χ3n) is 21.6. The van der Waals surface area contributed by atoms with Gasteiger partial charge in [0.05, 0.1) is 73.7 Å². The monoisotopic (exact) mass is 1320 g/mol. The minimum Gasteiger partial charge on any atom is -0.391 e.